The average Bonchev–Trinajstić information content (AvgIpc) is 1.95. The average molecular weight is 215 g/mol. The molecule has 0 aromatic heterocycles. The SMILES string of the molecule is CC(C)CSCC(CN)C(F)(F)F. The van der Waals surface area contributed by atoms with E-state index in [0.717, 1.165) is 5.75 Å². The molecule has 0 saturated heterocycles. The number of hydrogen-bond donors (Lipinski definition) is 1. The van der Waals surface area contributed by atoms with E-state index in [0.29, 0.717) is 5.92 Å². The third kappa shape index (κ3) is 6.21. The maximum absolute atomic E-state index is 12.2. The highest BCUT2D eigenvalue weighted by atomic mass is 32.2. The number of rotatable bonds is 5. The smallest absolute Gasteiger partial charge is 0.330 e. The Kier molecular flexibility index (Phi) is 5.80. The van der Waals surface area contributed by atoms with Crippen LogP contribution in [0, 0.1) is 11.8 Å². The van der Waals surface area contributed by atoms with Crippen LogP contribution in [0.3, 0.4) is 0 Å². The van der Waals surface area contributed by atoms with E-state index in [1.807, 2.05) is 13.8 Å². The van der Waals surface area contributed by atoms with Crippen LogP contribution >= 0.6 is 11.8 Å². The van der Waals surface area contributed by atoms with Crippen molar-refractivity contribution in [2.45, 2.75) is 20.0 Å². The van der Waals surface area contributed by atoms with Gasteiger partial charge in [-0.25, -0.2) is 0 Å². The number of halogens is 3. The minimum atomic E-state index is -4.14. The van der Waals surface area contributed by atoms with Crippen LogP contribution in [0.1, 0.15) is 13.8 Å². The van der Waals surface area contributed by atoms with Crippen LogP contribution < -0.4 is 5.73 Å². The van der Waals surface area contributed by atoms with E-state index >= 15 is 0 Å². The molecule has 1 nitrogen and oxygen atoms in total. The minimum Gasteiger partial charge on any atom is -0.330 e. The zero-order valence-corrected chi connectivity index (χ0v) is 8.71. The third-order valence-electron chi connectivity index (χ3n) is 1.52. The molecule has 0 aliphatic heterocycles. The van der Waals surface area contributed by atoms with Crippen molar-refractivity contribution in [2.24, 2.45) is 17.6 Å². The Morgan fingerprint density at radius 3 is 2.08 bits per heavy atom. The topological polar surface area (TPSA) is 26.0 Å². The largest absolute Gasteiger partial charge is 0.393 e. The highest BCUT2D eigenvalue weighted by molar-refractivity contribution is 7.99. The van der Waals surface area contributed by atoms with Crippen LogP contribution in [0.4, 0.5) is 13.2 Å². The molecule has 1 unspecified atom stereocenters. The Hall–Kier alpha value is 0.100. The van der Waals surface area contributed by atoms with Gasteiger partial charge in [0.15, 0.2) is 0 Å². The van der Waals surface area contributed by atoms with Gasteiger partial charge in [-0.3, -0.25) is 0 Å². The summed E-state index contributed by atoms with van der Waals surface area (Å²) in [6.07, 6.45) is -4.14. The summed E-state index contributed by atoms with van der Waals surface area (Å²) in [7, 11) is 0. The first-order chi connectivity index (χ1) is 5.88. The summed E-state index contributed by atoms with van der Waals surface area (Å²) in [5, 5.41) is 0. The van der Waals surface area contributed by atoms with Crippen molar-refractivity contribution >= 4 is 11.8 Å². The van der Waals surface area contributed by atoms with Crippen molar-refractivity contribution in [1.82, 2.24) is 0 Å². The monoisotopic (exact) mass is 215 g/mol. The van der Waals surface area contributed by atoms with E-state index in [2.05, 4.69) is 0 Å². The number of alkyl halides is 3. The maximum Gasteiger partial charge on any atom is 0.393 e. The first-order valence-electron chi connectivity index (χ1n) is 4.22. The molecule has 0 saturated carbocycles. The van der Waals surface area contributed by atoms with Gasteiger partial charge in [0.2, 0.25) is 0 Å². The van der Waals surface area contributed by atoms with Gasteiger partial charge in [0.25, 0.3) is 0 Å². The molecule has 0 aliphatic carbocycles. The Labute approximate surface area is 81.3 Å². The molecule has 0 amide bonds. The number of thioether (sulfide) groups is 1. The molecule has 80 valence electrons. The molecule has 0 bridgehead atoms. The predicted octanol–water partition coefficient (Wildman–Crippen LogP) is 2.51. The lowest BCUT2D eigenvalue weighted by molar-refractivity contribution is -0.165. The van der Waals surface area contributed by atoms with E-state index in [9.17, 15) is 13.2 Å². The van der Waals surface area contributed by atoms with E-state index in [4.69, 9.17) is 5.73 Å². The van der Waals surface area contributed by atoms with Crippen LogP contribution in [0.5, 0.6) is 0 Å². The van der Waals surface area contributed by atoms with Crippen molar-refractivity contribution in [2.75, 3.05) is 18.1 Å². The van der Waals surface area contributed by atoms with E-state index in [-0.39, 0.29) is 12.3 Å². The Balaban J connectivity index is 3.73. The molecule has 2 N–H and O–H groups in total. The molecule has 0 rings (SSSR count). The number of nitrogens with two attached hydrogens (primary N) is 1. The van der Waals surface area contributed by atoms with Gasteiger partial charge in [-0.1, -0.05) is 13.8 Å². The fourth-order valence-electron chi connectivity index (χ4n) is 0.742. The van der Waals surface area contributed by atoms with Crippen LogP contribution in [0.15, 0.2) is 0 Å². The Morgan fingerprint density at radius 1 is 1.23 bits per heavy atom. The Bertz CT molecular complexity index is 136. The second kappa shape index (κ2) is 5.75. The fourth-order valence-corrected chi connectivity index (χ4v) is 1.96. The Morgan fingerprint density at radius 2 is 1.77 bits per heavy atom. The van der Waals surface area contributed by atoms with Crippen LogP contribution in [-0.2, 0) is 0 Å². The second-order valence-electron chi connectivity index (χ2n) is 3.41. The maximum atomic E-state index is 12.2. The molecule has 0 aromatic rings. The molecular formula is C8H16F3NS. The summed E-state index contributed by atoms with van der Waals surface area (Å²) in [6.45, 7) is 3.66. The zero-order valence-electron chi connectivity index (χ0n) is 7.90. The van der Waals surface area contributed by atoms with Gasteiger partial charge in [-0.05, 0) is 11.7 Å². The normalized spacial score (nSPS) is 15.0. The first-order valence-corrected chi connectivity index (χ1v) is 5.38. The van der Waals surface area contributed by atoms with E-state index < -0.39 is 12.1 Å². The second-order valence-corrected chi connectivity index (χ2v) is 4.48. The minimum absolute atomic E-state index is 0.0815. The van der Waals surface area contributed by atoms with Gasteiger partial charge in [-0.2, -0.15) is 24.9 Å². The lowest BCUT2D eigenvalue weighted by Gasteiger charge is -2.18. The summed E-state index contributed by atoms with van der Waals surface area (Å²) in [5.41, 5.74) is 5.04. The lowest BCUT2D eigenvalue weighted by Crippen LogP contribution is -2.32. The zero-order chi connectivity index (χ0) is 10.5. The van der Waals surface area contributed by atoms with Crippen LogP contribution in [-0.4, -0.2) is 24.2 Å². The molecule has 1 atom stereocenters. The van der Waals surface area contributed by atoms with Crippen molar-refractivity contribution in [3.63, 3.8) is 0 Å². The van der Waals surface area contributed by atoms with Crippen molar-refractivity contribution in [3.05, 3.63) is 0 Å². The van der Waals surface area contributed by atoms with Gasteiger partial charge >= 0.3 is 6.18 Å². The summed E-state index contributed by atoms with van der Waals surface area (Å²) in [5.74, 6) is -0.0852. The summed E-state index contributed by atoms with van der Waals surface area (Å²) in [6, 6.07) is 0. The van der Waals surface area contributed by atoms with Crippen molar-refractivity contribution in [3.8, 4) is 0 Å². The highest BCUT2D eigenvalue weighted by Crippen LogP contribution is 2.28. The molecular weight excluding hydrogens is 199 g/mol. The van der Waals surface area contributed by atoms with Gasteiger partial charge in [0, 0.05) is 12.3 Å². The highest BCUT2D eigenvalue weighted by Gasteiger charge is 2.38. The van der Waals surface area contributed by atoms with Crippen LogP contribution in [0.2, 0.25) is 0 Å². The molecule has 0 aliphatic rings. The summed E-state index contributed by atoms with van der Waals surface area (Å²) < 4.78 is 36.5. The predicted molar refractivity (Wildman–Crippen MR) is 50.8 cm³/mol. The standard InChI is InChI=1S/C8H16F3NS/c1-6(2)4-13-5-7(3-12)8(9,10)11/h6-7H,3-5,12H2,1-2H3. The van der Waals surface area contributed by atoms with E-state index in [1.54, 1.807) is 0 Å². The molecule has 13 heavy (non-hydrogen) atoms. The van der Waals surface area contributed by atoms with E-state index in [1.165, 1.54) is 11.8 Å². The van der Waals surface area contributed by atoms with Gasteiger partial charge < -0.3 is 5.73 Å². The third-order valence-corrected chi connectivity index (χ3v) is 3.06. The molecule has 0 radical (unpaired) electrons. The van der Waals surface area contributed by atoms with Crippen LogP contribution in [0.25, 0.3) is 0 Å². The summed E-state index contributed by atoms with van der Waals surface area (Å²) in [4.78, 5) is 0. The fraction of sp³-hybridized carbons (Fsp3) is 1.00. The molecule has 0 spiro atoms. The molecule has 0 fully saturated rings. The molecule has 0 heterocycles. The van der Waals surface area contributed by atoms with Crippen molar-refractivity contribution in [1.29, 1.82) is 0 Å². The van der Waals surface area contributed by atoms with Gasteiger partial charge in [0.1, 0.15) is 0 Å². The molecule has 0 aromatic carbocycles. The van der Waals surface area contributed by atoms with Gasteiger partial charge in [-0.15, -0.1) is 0 Å². The first kappa shape index (κ1) is 13.1. The molecule has 5 heteroatoms. The van der Waals surface area contributed by atoms with Crippen molar-refractivity contribution < 1.29 is 13.2 Å². The number of hydrogen-bond acceptors (Lipinski definition) is 2. The lowest BCUT2D eigenvalue weighted by atomic mass is 10.2. The quantitative estimate of drug-likeness (QED) is 0.762. The summed E-state index contributed by atoms with van der Waals surface area (Å²) >= 11 is 1.32. The van der Waals surface area contributed by atoms with Gasteiger partial charge in [0.05, 0.1) is 5.92 Å².